The lowest BCUT2D eigenvalue weighted by Crippen LogP contribution is -2.17. The number of aliphatic hydroxyl groups excluding tert-OH is 1. The molecular weight excluding hydrogens is 185 g/mol. The fourth-order valence-electron chi connectivity index (χ4n) is 0.857. The predicted octanol–water partition coefficient (Wildman–Crippen LogP) is 2.12. The zero-order valence-electron chi connectivity index (χ0n) is 7.44. The van der Waals surface area contributed by atoms with Gasteiger partial charge in [0.15, 0.2) is 0 Å². The van der Waals surface area contributed by atoms with Crippen LogP contribution in [0.15, 0.2) is 0 Å². The Morgan fingerprint density at radius 3 is 2.15 bits per heavy atom. The molecule has 0 aliphatic heterocycles. The SMILES string of the molecule is OCCCCCCOCC(F)(F)F. The summed E-state index contributed by atoms with van der Waals surface area (Å²) in [5.41, 5.74) is 0. The van der Waals surface area contributed by atoms with Crippen molar-refractivity contribution >= 4 is 0 Å². The summed E-state index contributed by atoms with van der Waals surface area (Å²) >= 11 is 0. The molecule has 0 aromatic carbocycles. The number of halogens is 3. The molecule has 0 unspecified atom stereocenters. The van der Waals surface area contributed by atoms with Gasteiger partial charge in [0, 0.05) is 13.2 Å². The van der Waals surface area contributed by atoms with E-state index >= 15 is 0 Å². The molecule has 0 saturated carbocycles. The molecule has 2 nitrogen and oxygen atoms in total. The van der Waals surface area contributed by atoms with Crippen molar-refractivity contribution in [2.24, 2.45) is 0 Å². The van der Waals surface area contributed by atoms with Crippen molar-refractivity contribution in [2.45, 2.75) is 31.9 Å². The number of unbranched alkanes of at least 4 members (excludes halogenated alkanes) is 3. The maximum Gasteiger partial charge on any atom is 0.411 e. The number of hydrogen-bond acceptors (Lipinski definition) is 2. The van der Waals surface area contributed by atoms with E-state index in [0.29, 0.717) is 12.8 Å². The van der Waals surface area contributed by atoms with Crippen molar-refractivity contribution in [3.63, 3.8) is 0 Å². The van der Waals surface area contributed by atoms with Crippen LogP contribution in [0.3, 0.4) is 0 Å². The van der Waals surface area contributed by atoms with Gasteiger partial charge in [-0.15, -0.1) is 0 Å². The molecule has 0 fully saturated rings. The minimum absolute atomic E-state index is 0.142. The van der Waals surface area contributed by atoms with Gasteiger partial charge in [-0.2, -0.15) is 13.2 Å². The van der Waals surface area contributed by atoms with Crippen LogP contribution in [0.25, 0.3) is 0 Å². The summed E-state index contributed by atoms with van der Waals surface area (Å²) < 4.78 is 39.0. The van der Waals surface area contributed by atoms with Crippen molar-refractivity contribution in [2.75, 3.05) is 19.8 Å². The molecule has 0 aromatic heterocycles. The average Bonchev–Trinajstić information content (AvgIpc) is 2.01. The van der Waals surface area contributed by atoms with Crippen LogP contribution in [-0.4, -0.2) is 31.1 Å². The van der Waals surface area contributed by atoms with E-state index < -0.39 is 12.8 Å². The summed E-state index contributed by atoms with van der Waals surface area (Å²) in [4.78, 5) is 0. The molecule has 0 radical (unpaired) electrons. The highest BCUT2D eigenvalue weighted by Crippen LogP contribution is 2.14. The second kappa shape index (κ2) is 7.15. The van der Waals surface area contributed by atoms with Crippen LogP contribution in [0.4, 0.5) is 13.2 Å². The third-order valence-electron chi connectivity index (χ3n) is 1.46. The molecule has 5 heteroatoms. The third kappa shape index (κ3) is 11.7. The van der Waals surface area contributed by atoms with E-state index in [9.17, 15) is 13.2 Å². The lowest BCUT2D eigenvalue weighted by Gasteiger charge is -2.06. The fraction of sp³-hybridized carbons (Fsp3) is 1.00. The Morgan fingerprint density at radius 2 is 1.62 bits per heavy atom. The van der Waals surface area contributed by atoms with Gasteiger partial charge in [0.25, 0.3) is 0 Å². The first kappa shape index (κ1) is 12.7. The molecule has 13 heavy (non-hydrogen) atoms. The molecule has 0 aromatic rings. The smallest absolute Gasteiger partial charge is 0.396 e. The normalized spacial score (nSPS) is 12.0. The number of rotatable bonds is 7. The molecule has 0 amide bonds. The van der Waals surface area contributed by atoms with Crippen molar-refractivity contribution in [1.82, 2.24) is 0 Å². The van der Waals surface area contributed by atoms with E-state index in [4.69, 9.17) is 5.11 Å². The maximum absolute atomic E-state index is 11.5. The molecule has 0 heterocycles. The number of hydrogen-bond donors (Lipinski definition) is 1. The first-order valence-corrected chi connectivity index (χ1v) is 4.31. The Bertz CT molecular complexity index is 114. The summed E-state index contributed by atoms with van der Waals surface area (Å²) in [5.74, 6) is 0. The van der Waals surface area contributed by atoms with Gasteiger partial charge in [-0.3, -0.25) is 0 Å². The molecule has 0 spiro atoms. The van der Waals surface area contributed by atoms with E-state index in [1.807, 2.05) is 0 Å². The quantitative estimate of drug-likeness (QED) is 0.638. The Hall–Kier alpha value is -0.290. The third-order valence-corrected chi connectivity index (χ3v) is 1.46. The number of aliphatic hydroxyl groups is 1. The van der Waals surface area contributed by atoms with Crippen molar-refractivity contribution in [3.8, 4) is 0 Å². The van der Waals surface area contributed by atoms with E-state index in [1.54, 1.807) is 0 Å². The standard InChI is InChI=1S/C8H15F3O2/c9-8(10,11)7-13-6-4-2-1-3-5-12/h12H,1-7H2. The summed E-state index contributed by atoms with van der Waals surface area (Å²) in [7, 11) is 0. The van der Waals surface area contributed by atoms with Gasteiger partial charge in [0.1, 0.15) is 6.61 Å². The van der Waals surface area contributed by atoms with Crippen LogP contribution in [0, 0.1) is 0 Å². The first-order chi connectivity index (χ1) is 6.06. The zero-order chi connectivity index (χ0) is 10.2. The molecular formula is C8H15F3O2. The summed E-state index contributed by atoms with van der Waals surface area (Å²) in [6.07, 6.45) is -1.25. The van der Waals surface area contributed by atoms with Crippen molar-refractivity contribution in [3.05, 3.63) is 0 Å². The molecule has 1 N–H and O–H groups in total. The van der Waals surface area contributed by atoms with Gasteiger partial charge < -0.3 is 9.84 Å². The second-order valence-corrected chi connectivity index (χ2v) is 2.81. The number of alkyl halides is 3. The Kier molecular flexibility index (Phi) is 6.99. The van der Waals surface area contributed by atoms with Crippen LogP contribution >= 0.6 is 0 Å². The average molecular weight is 200 g/mol. The maximum atomic E-state index is 11.5. The first-order valence-electron chi connectivity index (χ1n) is 4.31. The summed E-state index contributed by atoms with van der Waals surface area (Å²) in [6.45, 7) is -0.874. The highest BCUT2D eigenvalue weighted by Gasteiger charge is 2.26. The lowest BCUT2D eigenvalue weighted by atomic mass is 10.2. The van der Waals surface area contributed by atoms with Crippen molar-refractivity contribution in [1.29, 1.82) is 0 Å². The largest absolute Gasteiger partial charge is 0.411 e. The van der Waals surface area contributed by atoms with Gasteiger partial charge in [-0.1, -0.05) is 12.8 Å². The monoisotopic (exact) mass is 200 g/mol. The highest BCUT2D eigenvalue weighted by molar-refractivity contribution is 4.46. The van der Waals surface area contributed by atoms with E-state index in [0.717, 1.165) is 12.8 Å². The molecule has 0 aliphatic rings. The zero-order valence-corrected chi connectivity index (χ0v) is 7.44. The topological polar surface area (TPSA) is 29.5 Å². The van der Waals surface area contributed by atoms with Crippen molar-refractivity contribution < 1.29 is 23.0 Å². The fourth-order valence-corrected chi connectivity index (χ4v) is 0.857. The molecule has 0 aliphatic carbocycles. The predicted molar refractivity (Wildman–Crippen MR) is 42.4 cm³/mol. The van der Waals surface area contributed by atoms with Crippen LogP contribution in [-0.2, 0) is 4.74 Å². The van der Waals surface area contributed by atoms with Gasteiger partial charge in [-0.25, -0.2) is 0 Å². The van der Waals surface area contributed by atoms with Gasteiger partial charge >= 0.3 is 6.18 Å². The van der Waals surface area contributed by atoms with Gasteiger partial charge in [-0.05, 0) is 12.8 Å². The van der Waals surface area contributed by atoms with Gasteiger partial charge in [0.2, 0.25) is 0 Å². The Balaban J connectivity index is 3.00. The van der Waals surface area contributed by atoms with E-state index in [1.165, 1.54) is 0 Å². The molecule has 0 rings (SSSR count). The summed E-state index contributed by atoms with van der Waals surface area (Å²) in [6, 6.07) is 0. The minimum Gasteiger partial charge on any atom is -0.396 e. The number of ether oxygens (including phenoxy) is 1. The molecule has 0 atom stereocenters. The molecule has 0 bridgehead atoms. The Labute approximate surface area is 75.7 Å². The van der Waals surface area contributed by atoms with Crippen LogP contribution < -0.4 is 0 Å². The Morgan fingerprint density at radius 1 is 1.00 bits per heavy atom. The van der Waals surface area contributed by atoms with Crippen LogP contribution in [0.2, 0.25) is 0 Å². The van der Waals surface area contributed by atoms with E-state index in [2.05, 4.69) is 4.74 Å². The minimum atomic E-state index is -4.22. The summed E-state index contributed by atoms with van der Waals surface area (Å²) in [5, 5.41) is 8.40. The van der Waals surface area contributed by atoms with Crippen LogP contribution in [0.5, 0.6) is 0 Å². The molecule has 0 saturated heterocycles. The molecule has 80 valence electrons. The lowest BCUT2D eigenvalue weighted by molar-refractivity contribution is -0.174. The van der Waals surface area contributed by atoms with E-state index in [-0.39, 0.29) is 13.2 Å². The second-order valence-electron chi connectivity index (χ2n) is 2.81. The van der Waals surface area contributed by atoms with Gasteiger partial charge in [0.05, 0.1) is 0 Å². The highest BCUT2D eigenvalue weighted by atomic mass is 19.4. The van der Waals surface area contributed by atoms with Crippen LogP contribution in [0.1, 0.15) is 25.7 Å².